The molecule has 0 radical (unpaired) electrons. The zero-order valence-corrected chi connectivity index (χ0v) is 12.9. The number of hydrogen-bond acceptors (Lipinski definition) is 2. The van der Waals surface area contributed by atoms with Gasteiger partial charge in [0.05, 0.1) is 16.3 Å². The quantitative estimate of drug-likeness (QED) is 0.872. The molecule has 6 heteroatoms. The third-order valence-electron chi connectivity index (χ3n) is 3.93. The first-order valence-electron chi connectivity index (χ1n) is 7.15. The van der Waals surface area contributed by atoms with Crippen molar-refractivity contribution >= 4 is 17.3 Å². The number of piperidine rings is 1. The number of hydrogen-bond donors (Lipinski definition) is 1. The molecule has 1 fully saturated rings. The summed E-state index contributed by atoms with van der Waals surface area (Å²) < 4.78 is 39.1. The predicted molar refractivity (Wildman–Crippen MR) is 79.8 cm³/mol. The van der Waals surface area contributed by atoms with Gasteiger partial charge >= 0.3 is 6.18 Å². The zero-order chi connectivity index (χ0) is 15.6. The minimum absolute atomic E-state index is 0.00895. The third kappa shape index (κ3) is 4.04. The Balaban J connectivity index is 2.11. The molecule has 1 aromatic carbocycles. The average molecular weight is 321 g/mol. The lowest BCUT2D eigenvalue weighted by Crippen LogP contribution is -2.42. The minimum Gasteiger partial charge on any atom is -0.381 e. The Hall–Kier alpha value is -0.940. The van der Waals surface area contributed by atoms with Crippen LogP contribution in [0.4, 0.5) is 18.9 Å². The lowest BCUT2D eigenvalue weighted by Gasteiger charge is -2.35. The number of para-hydroxylation sites is 1. The van der Waals surface area contributed by atoms with E-state index in [0.29, 0.717) is 6.04 Å². The van der Waals surface area contributed by atoms with Crippen LogP contribution in [0.25, 0.3) is 0 Å². The normalized spacial score (nSPS) is 18.2. The van der Waals surface area contributed by atoms with Gasteiger partial charge in [0.25, 0.3) is 0 Å². The molecule has 1 aromatic rings. The molecule has 1 aliphatic rings. The van der Waals surface area contributed by atoms with E-state index in [4.69, 9.17) is 11.6 Å². The number of nitrogens with one attached hydrogen (secondary N) is 1. The second-order valence-corrected chi connectivity index (χ2v) is 6.12. The van der Waals surface area contributed by atoms with E-state index in [1.54, 1.807) is 0 Å². The Morgan fingerprint density at radius 2 is 1.86 bits per heavy atom. The summed E-state index contributed by atoms with van der Waals surface area (Å²) in [4.78, 5) is 2.33. The first-order valence-corrected chi connectivity index (χ1v) is 7.53. The minimum atomic E-state index is -4.40. The van der Waals surface area contributed by atoms with Gasteiger partial charge in [-0.3, -0.25) is 0 Å². The van der Waals surface area contributed by atoms with Crippen LogP contribution in [0.15, 0.2) is 18.2 Å². The average Bonchev–Trinajstić information content (AvgIpc) is 2.40. The fourth-order valence-corrected chi connectivity index (χ4v) is 2.90. The summed E-state index contributed by atoms with van der Waals surface area (Å²) in [5, 5.41) is 3.13. The molecule has 2 nitrogen and oxygen atoms in total. The van der Waals surface area contributed by atoms with Crippen LogP contribution in [0.1, 0.15) is 32.3 Å². The summed E-state index contributed by atoms with van der Waals surface area (Å²) in [5.74, 6) is 0. The molecule has 0 saturated carbocycles. The van der Waals surface area contributed by atoms with Gasteiger partial charge < -0.3 is 10.2 Å². The number of alkyl halides is 3. The highest BCUT2D eigenvalue weighted by Crippen LogP contribution is 2.39. The number of anilines is 1. The van der Waals surface area contributed by atoms with Gasteiger partial charge in [-0.25, -0.2) is 0 Å². The maximum Gasteiger partial charge on any atom is 0.418 e. The number of benzene rings is 1. The Morgan fingerprint density at radius 1 is 1.24 bits per heavy atom. The Bertz CT molecular complexity index is 480. The lowest BCUT2D eigenvalue weighted by molar-refractivity contribution is -0.137. The van der Waals surface area contributed by atoms with Gasteiger partial charge in [-0.15, -0.1) is 0 Å². The van der Waals surface area contributed by atoms with E-state index in [0.717, 1.165) is 32.0 Å². The summed E-state index contributed by atoms with van der Waals surface area (Å²) in [6.07, 6.45) is -2.76. The molecular weight excluding hydrogens is 301 g/mol. The highest BCUT2D eigenvalue weighted by Gasteiger charge is 2.35. The summed E-state index contributed by atoms with van der Waals surface area (Å²) in [6, 6.07) is 4.38. The van der Waals surface area contributed by atoms with Crippen LogP contribution in [0.2, 0.25) is 5.02 Å². The largest absolute Gasteiger partial charge is 0.418 e. The molecule has 2 rings (SSSR count). The van der Waals surface area contributed by atoms with E-state index in [-0.39, 0.29) is 16.8 Å². The topological polar surface area (TPSA) is 15.3 Å². The summed E-state index contributed by atoms with van der Waals surface area (Å²) >= 11 is 5.96. The first kappa shape index (κ1) is 16.4. The predicted octanol–water partition coefficient (Wildman–Crippen LogP) is 4.64. The molecule has 1 N–H and O–H groups in total. The van der Waals surface area contributed by atoms with E-state index in [1.807, 2.05) is 0 Å². The van der Waals surface area contributed by atoms with Gasteiger partial charge in [-0.05, 0) is 38.8 Å². The fraction of sp³-hybridized carbons (Fsp3) is 0.600. The Labute approximate surface area is 128 Å². The van der Waals surface area contributed by atoms with Gasteiger partial charge in [0.15, 0.2) is 0 Å². The van der Waals surface area contributed by atoms with Crippen molar-refractivity contribution in [2.75, 3.05) is 18.4 Å². The van der Waals surface area contributed by atoms with Crippen molar-refractivity contribution in [2.45, 2.75) is 44.9 Å². The molecule has 21 heavy (non-hydrogen) atoms. The molecule has 0 unspecified atom stereocenters. The second-order valence-electron chi connectivity index (χ2n) is 5.71. The van der Waals surface area contributed by atoms with E-state index >= 15 is 0 Å². The molecule has 1 heterocycles. The molecule has 0 spiro atoms. The highest BCUT2D eigenvalue weighted by molar-refractivity contribution is 6.33. The number of rotatable bonds is 3. The summed E-state index contributed by atoms with van der Waals surface area (Å²) in [5.41, 5.74) is -0.684. The van der Waals surface area contributed by atoms with Crippen molar-refractivity contribution in [2.24, 2.45) is 0 Å². The van der Waals surface area contributed by atoms with Crippen molar-refractivity contribution in [1.29, 1.82) is 0 Å². The van der Waals surface area contributed by atoms with Gasteiger partial charge in [-0.1, -0.05) is 17.7 Å². The Kier molecular flexibility index (Phi) is 5.04. The molecule has 0 atom stereocenters. The fourth-order valence-electron chi connectivity index (χ4n) is 2.67. The standard InChI is InChI=1S/C15H20ClF3N2/c1-10(2)21-8-6-11(7-9-21)20-14-12(15(17,18)19)4-3-5-13(14)16/h3-5,10-11,20H,6-9H2,1-2H3. The monoisotopic (exact) mass is 320 g/mol. The second kappa shape index (κ2) is 6.44. The van der Waals surface area contributed by atoms with Crippen molar-refractivity contribution < 1.29 is 13.2 Å². The number of halogens is 4. The SMILES string of the molecule is CC(C)N1CCC(Nc2c(Cl)cccc2C(F)(F)F)CC1. The molecule has 1 aliphatic heterocycles. The van der Waals surface area contributed by atoms with E-state index in [9.17, 15) is 13.2 Å². The molecule has 0 aliphatic carbocycles. The van der Waals surface area contributed by atoms with Gasteiger partial charge in [-0.2, -0.15) is 13.2 Å². The van der Waals surface area contributed by atoms with Crippen LogP contribution in [0.3, 0.4) is 0 Å². The first-order chi connectivity index (χ1) is 9.79. The van der Waals surface area contributed by atoms with Crippen molar-refractivity contribution in [3.8, 4) is 0 Å². The molecule has 0 bridgehead atoms. The van der Waals surface area contributed by atoms with Gasteiger partial charge in [0, 0.05) is 25.2 Å². The Morgan fingerprint density at radius 3 is 2.38 bits per heavy atom. The molecule has 0 amide bonds. The van der Waals surface area contributed by atoms with E-state index in [2.05, 4.69) is 24.1 Å². The van der Waals surface area contributed by atoms with Crippen LogP contribution in [0, 0.1) is 0 Å². The highest BCUT2D eigenvalue weighted by atomic mass is 35.5. The molecule has 118 valence electrons. The van der Waals surface area contributed by atoms with Gasteiger partial charge in [0.2, 0.25) is 0 Å². The molecule has 1 saturated heterocycles. The summed E-state index contributed by atoms with van der Waals surface area (Å²) in [6.45, 7) is 6.04. The van der Waals surface area contributed by atoms with E-state index < -0.39 is 11.7 Å². The van der Waals surface area contributed by atoms with Crippen LogP contribution < -0.4 is 5.32 Å². The maximum atomic E-state index is 13.0. The zero-order valence-electron chi connectivity index (χ0n) is 12.2. The van der Waals surface area contributed by atoms with Crippen LogP contribution in [-0.4, -0.2) is 30.1 Å². The van der Waals surface area contributed by atoms with Crippen LogP contribution in [-0.2, 0) is 6.18 Å². The van der Waals surface area contributed by atoms with E-state index in [1.165, 1.54) is 12.1 Å². The number of nitrogens with zero attached hydrogens (tertiary/aromatic N) is 1. The van der Waals surface area contributed by atoms with Gasteiger partial charge in [0.1, 0.15) is 0 Å². The van der Waals surface area contributed by atoms with Crippen LogP contribution in [0.5, 0.6) is 0 Å². The smallest absolute Gasteiger partial charge is 0.381 e. The molecule has 0 aromatic heterocycles. The lowest BCUT2D eigenvalue weighted by atomic mass is 10.0. The van der Waals surface area contributed by atoms with Crippen LogP contribution >= 0.6 is 11.6 Å². The van der Waals surface area contributed by atoms with Crippen molar-refractivity contribution in [3.63, 3.8) is 0 Å². The van der Waals surface area contributed by atoms with Crippen molar-refractivity contribution in [3.05, 3.63) is 28.8 Å². The molecular formula is C15H20ClF3N2. The maximum absolute atomic E-state index is 13.0. The number of likely N-dealkylation sites (tertiary alicyclic amines) is 1. The summed E-state index contributed by atoms with van der Waals surface area (Å²) in [7, 11) is 0. The third-order valence-corrected chi connectivity index (χ3v) is 4.24. The van der Waals surface area contributed by atoms with Crippen molar-refractivity contribution in [1.82, 2.24) is 4.90 Å².